The lowest BCUT2D eigenvalue weighted by Crippen LogP contribution is -2.22. The quantitative estimate of drug-likeness (QED) is 0.811. The van der Waals surface area contributed by atoms with E-state index in [0.29, 0.717) is 11.5 Å². The van der Waals surface area contributed by atoms with Gasteiger partial charge in [-0.05, 0) is 74.6 Å². The zero-order chi connectivity index (χ0) is 13.4. The second-order valence-electron chi connectivity index (χ2n) is 5.92. The van der Waals surface area contributed by atoms with Gasteiger partial charge in [0.25, 0.3) is 5.91 Å². The van der Waals surface area contributed by atoms with Gasteiger partial charge in [0.1, 0.15) is 0 Å². The number of fused-ring (bicyclic) bond motifs is 2. The molecular weight excluding hydrogens is 236 g/mol. The van der Waals surface area contributed by atoms with E-state index < -0.39 is 0 Å². The third-order valence-corrected chi connectivity index (χ3v) is 4.58. The molecule has 100 valence electrons. The Morgan fingerprint density at radius 2 is 2.11 bits per heavy atom. The van der Waals surface area contributed by atoms with Gasteiger partial charge in [-0.1, -0.05) is 6.07 Å². The predicted octanol–water partition coefficient (Wildman–Crippen LogP) is 3.21. The molecule has 3 rings (SSSR count). The summed E-state index contributed by atoms with van der Waals surface area (Å²) < 4.78 is 0. The SMILES string of the molecule is Cc1ccc(C(=O)N/N=C2/CC3CCC2C3)cc1C. The summed E-state index contributed by atoms with van der Waals surface area (Å²) in [5.41, 5.74) is 6.96. The van der Waals surface area contributed by atoms with Crippen molar-refractivity contribution in [2.24, 2.45) is 16.9 Å². The van der Waals surface area contributed by atoms with Gasteiger partial charge in [-0.15, -0.1) is 0 Å². The molecule has 1 N–H and O–H groups in total. The van der Waals surface area contributed by atoms with Gasteiger partial charge in [-0.3, -0.25) is 4.79 Å². The van der Waals surface area contributed by atoms with Gasteiger partial charge in [0.05, 0.1) is 0 Å². The van der Waals surface area contributed by atoms with Crippen LogP contribution in [0.4, 0.5) is 0 Å². The number of nitrogens with one attached hydrogen (secondary N) is 1. The van der Waals surface area contributed by atoms with Crippen LogP contribution in [0, 0.1) is 25.7 Å². The van der Waals surface area contributed by atoms with Crippen LogP contribution in [0.1, 0.15) is 47.2 Å². The lowest BCUT2D eigenvalue weighted by Gasteiger charge is -2.11. The van der Waals surface area contributed by atoms with Crippen molar-refractivity contribution in [1.82, 2.24) is 5.43 Å². The van der Waals surface area contributed by atoms with Gasteiger partial charge in [0.2, 0.25) is 0 Å². The molecule has 2 saturated carbocycles. The highest BCUT2D eigenvalue weighted by atomic mass is 16.2. The van der Waals surface area contributed by atoms with Gasteiger partial charge in [-0.25, -0.2) is 5.43 Å². The Morgan fingerprint density at radius 3 is 2.74 bits per heavy atom. The first-order valence-electron chi connectivity index (χ1n) is 7.07. The summed E-state index contributed by atoms with van der Waals surface area (Å²) in [6.07, 6.45) is 4.95. The number of benzene rings is 1. The van der Waals surface area contributed by atoms with Gasteiger partial charge in [-0.2, -0.15) is 5.10 Å². The van der Waals surface area contributed by atoms with Crippen molar-refractivity contribution in [2.75, 3.05) is 0 Å². The fourth-order valence-electron chi connectivity index (χ4n) is 3.23. The lowest BCUT2D eigenvalue weighted by atomic mass is 9.99. The van der Waals surface area contributed by atoms with Gasteiger partial charge < -0.3 is 0 Å². The van der Waals surface area contributed by atoms with Crippen molar-refractivity contribution in [3.63, 3.8) is 0 Å². The molecule has 2 fully saturated rings. The molecule has 0 aliphatic heterocycles. The number of hydrogen-bond acceptors (Lipinski definition) is 2. The maximum Gasteiger partial charge on any atom is 0.271 e. The first-order chi connectivity index (χ1) is 9.13. The van der Waals surface area contributed by atoms with E-state index in [4.69, 9.17) is 0 Å². The van der Waals surface area contributed by atoms with E-state index in [1.165, 1.54) is 30.5 Å². The highest BCUT2D eigenvalue weighted by Gasteiger charge is 2.36. The molecule has 2 aliphatic rings. The van der Waals surface area contributed by atoms with E-state index in [-0.39, 0.29) is 5.91 Å². The number of hydrogen-bond donors (Lipinski definition) is 1. The van der Waals surface area contributed by atoms with Crippen LogP contribution in [0.15, 0.2) is 23.3 Å². The van der Waals surface area contributed by atoms with Crippen LogP contribution >= 0.6 is 0 Å². The average molecular weight is 256 g/mol. The average Bonchev–Trinajstić information content (AvgIpc) is 3.01. The van der Waals surface area contributed by atoms with Gasteiger partial charge >= 0.3 is 0 Å². The van der Waals surface area contributed by atoms with Crippen molar-refractivity contribution >= 4 is 11.6 Å². The highest BCUT2D eigenvalue weighted by Crippen LogP contribution is 2.42. The van der Waals surface area contributed by atoms with Gasteiger partial charge in [0.15, 0.2) is 0 Å². The molecule has 2 aliphatic carbocycles. The number of nitrogens with zero attached hydrogens (tertiary/aromatic N) is 1. The molecule has 0 radical (unpaired) electrons. The van der Waals surface area contributed by atoms with Crippen LogP contribution < -0.4 is 5.43 Å². The number of carbonyl (C=O) groups excluding carboxylic acids is 1. The summed E-state index contributed by atoms with van der Waals surface area (Å²) in [6.45, 7) is 4.07. The molecular formula is C16H20N2O. The number of rotatable bonds is 2. The van der Waals surface area contributed by atoms with E-state index in [1.807, 2.05) is 32.0 Å². The van der Waals surface area contributed by atoms with E-state index in [9.17, 15) is 4.79 Å². The first-order valence-corrected chi connectivity index (χ1v) is 7.07. The topological polar surface area (TPSA) is 41.5 Å². The standard InChI is InChI=1S/C16H20N2O/c1-10-3-5-14(7-11(10)2)16(19)18-17-15-9-12-4-6-13(15)8-12/h3,5,7,12-13H,4,6,8-9H2,1-2H3,(H,18,19)/b17-15-. The number of aryl methyl sites for hydroxylation is 2. The van der Waals surface area contributed by atoms with Gasteiger partial charge in [0, 0.05) is 11.3 Å². The largest absolute Gasteiger partial charge is 0.271 e. The Labute approximate surface area is 114 Å². The third kappa shape index (κ3) is 2.42. The molecule has 2 unspecified atom stereocenters. The van der Waals surface area contributed by atoms with Crippen molar-refractivity contribution in [3.05, 3.63) is 34.9 Å². The zero-order valence-corrected chi connectivity index (χ0v) is 11.6. The lowest BCUT2D eigenvalue weighted by molar-refractivity contribution is 0.0954. The molecule has 1 amide bonds. The zero-order valence-electron chi connectivity index (χ0n) is 11.6. The van der Waals surface area contributed by atoms with Crippen LogP contribution in [-0.2, 0) is 0 Å². The molecule has 0 aromatic heterocycles. The molecule has 2 bridgehead atoms. The number of hydrazone groups is 1. The van der Waals surface area contributed by atoms with Crippen LogP contribution in [0.25, 0.3) is 0 Å². The minimum atomic E-state index is -0.0987. The molecule has 0 saturated heterocycles. The Kier molecular flexibility index (Phi) is 3.13. The minimum Gasteiger partial charge on any atom is -0.267 e. The van der Waals surface area contributed by atoms with E-state index >= 15 is 0 Å². The molecule has 19 heavy (non-hydrogen) atoms. The fourth-order valence-corrected chi connectivity index (χ4v) is 3.23. The Morgan fingerprint density at radius 1 is 1.26 bits per heavy atom. The summed E-state index contributed by atoms with van der Waals surface area (Å²) >= 11 is 0. The third-order valence-electron chi connectivity index (χ3n) is 4.58. The van der Waals surface area contributed by atoms with Crippen LogP contribution in [-0.4, -0.2) is 11.6 Å². The number of amides is 1. The second-order valence-corrected chi connectivity index (χ2v) is 5.92. The minimum absolute atomic E-state index is 0.0987. The predicted molar refractivity (Wildman–Crippen MR) is 76.3 cm³/mol. The van der Waals surface area contributed by atoms with Crippen molar-refractivity contribution in [1.29, 1.82) is 0 Å². The van der Waals surface area contributed by atoms with Crippen LogP contribution in [0.5, 0.6) is 0 Å². The molecule has 2 atom stereocenters. The first kappa shape index (κ1) is 12.4. The summed E-state index contributed by atoms with van der Waals surface area (Å²) in [6, 6.07) is 5.76. The Bertz CT molecular complexity index is 548. The van der Waals surface area contributed by atoms with Crippen LogP contribution in [0.3, 0.4) is 0 Å². The molecule has 0 spiro atoms. The summed E-state index contributed by atoms with van der Waals surface area (Å²) in [5.74, 6) is 1.35. The summed E-state index contributed by atoms with van der Waals surface area (Å²) in [7, 11) is 0. The smallest absolute Gasteiger partial charge is 0.267 e. The monoisotopic (exact) mass is 256 g/mol. The molecule has 1 aromatic rings. The van der Waals surface area contributed by atoms with Crippen molar-refractivity contribution in [2.45, 2.75) is 39.5 Å². The highest BCUT2D eigenvalue weighted by molar-refractivity contribution is 5.96. The summed E-state index contributed by atoms with van der Waals surface area (Å²) in [5, 5.41) is 4.35. The second kappa shape index (κ2) is 4.80. The van der Waals surface area contributed by atoms with Crippen LogP contribution in [0.2, 0.25) is 0 Å². The molecule has 1 aromatic carbocycles. The molecule has 0 heterocycles. The van der Waals surface area contributed by atoms with E-state index in [2.05, 4.69) is 10.5 Å². The van der Waals surface area contributed by atoms with Crippen molar-refractivity contribution in [3.8, 4) is 0 Å². The number of carbonyl (C=O) groups is 1. The molecule has 3 nitrogen and oxygen atoms in total. The van der Waals surface area contributed by atoms with E-state index in [0.717, 1.165) is 17.9 Å². The maximum atomic E-state index is 12.1. The van der Waals surface area contributed by atoms with E-state index in [1.54, 1.807) is 0 Å². The molecule has 3 heteroatoms. The summed E-state index contributed by atoms with van der Waals surface area (Å²) in [4.78, 5) is 12.1. The fraction of sp³-hybridized carbons (Fsp3) is 0.500. The maximum absolute atomic E-state index is 12.1. The normalized spacial score (nSPS) is 26.9. The Hall–Kier alpha value is -1.64. The Balaban J connectivity index is 1.68. The van der Waals surface area contributed by atoms with Crippen molar-refractivity contribution < 1.29 is 4.79 Å².